The fraction of sp³-hybridized carbons (Fsp3) is 1.00. The molecule has 0 saturated heterocycles. The van der Waals surface area contributed by atoms with Gasteiger partial charge in [0.05, 0.1) is 0 Å². The summed E-state index contributed by atoms with van der Waals surface area (Å²) in [7, 11) is 2.01. The van der Waals surface area contributed by atoms with Crippen molar-refractivity contribution >= 4 is 0 Å². The minimum absolute atomic E-state index is 0.480. The Morgan fingerprint density at radius 2 is 1.73 bits per heavy atom. The first-order valence-electron chi connectivity index (χ1n) is 6.52. The van der Waals surface area contributed by atoms with Crippen molar-refractivity contribution in [2.45, 2.75) is 46.0 Å². The molecule has 1 aliphatic carbocycles. The van der Waals surface area contributed by atoms with Gasteiger partial charge in [-0.1, -0.05) is 33.1 Å². The monoisotopic (exact) mass is 212 g/mol. The predicted molar refractivity (Wildman–Crippen MR) is 67.2 cm³/mol. The molecule has 0 bridgehead atoms. The maximum Gasteiger partial charge on any atom is 0.00768 e. The van der Waals surface area contributed by atoms with E-state index in [1.54, 1.807) is 0 Å². The number of rotatable bonds is 6. The number of likely N-dealkylation sites (N-methyl/N-ethyl adjacent to an activating group) is 1. The molecule has 0 spiro atoms. The highest BCUT2D eigenvalue weighted by Gasteiger charge is 2.29. The van der Waals surface area contributed by atoms with Crippen molar-refractivity contribution in [3.05, 3.63) is 0 Å². The normalized spacial score (nSPS) is 19.4. The van der Waals surface area contributed by atoms with E-state index in [1.165, 1.54) is 38.6 Å². The minimum atomic E-state index is 0.480. The van der Waals surface area contributed by atoms with E-state index in [2.05, 4.69) is 24.5 Å². The van der Waals surface area contributed by atoms with Gasteiger partial charge in [0, 0.05) is 19.6 Å². The van der Waals surface area contributed by atoms with Crippen molar-refractivity contribution < 1.29 is 0 Å². The lowest BCUT2D eigenvalue weighted by Gasteiger charge is -2.37. The van der Waals surface area contributed by atoms with E-state index in [1.807, 2.05) is 7.05 Å². The van der Waals surface area contributed by atoms with E-state index >= 15 is 0 Å². The highest BCUT2D eigenvalue weighted by molar-refractivity contribution is 4.82. The van der Waals surface area contributed by atoms with Gasteiger partial charge in [0.15, 0.2) is 0 Å². The van der Waals surface area contributed by atoms with E-state index in [9.17, 15) is 0 Å². The van der Waals surface area contributed by atoms with Crippen molar-refractivity contribution in [1.82, 2.24) is 10.6 Å². The molecule has 1 rings (SSSR count). The van der Waals surface area contributed by atoms with Gasteiger partial charge in [0.1, 0.15) is 0 Å². The highest BCUT2D eigenvalue weighted by atomic mass is 14.9. The molecule has 0 amide bonds. The van der Waals surface area contributed by atoms with Crippen LogP contribution in [-0.2, 0) is 0 Å². The molecule has 0 atom stereocenters. The summed E-state index contributed by atoms with van der Waals surface area (Å²) in [5.41, 5.74) is 0.480. The van der Waals surface area contributed by atoms with Gasteiger partial charge in [-0.05, 0) is 31.2 Å². The lowest BCUT2D eigenvalue weighted by atomic mass is 9.71. The lowest BCUT2D eigenvalue weighted by molar-refractivity contribution is 0.155. The third-order valence-electron chi connectivity index (χ3n) is 3.84. The predicted octanol–water partition coefficient (Wildman–Crippen LogP) is 2.40. The van der Waals surface area contributed by atoms with Crippen LogP contribution in [0.3, 0.4) is 0 Å². The van der Waals surface area contributed by atoms with Crippen molar-refractivity contribution in [1.29, 1.82) is 0 Å². The van der Waals surface area contributed by atoms with Crippen LogP contribution in [0, 0.1) is 11.3 Å². The molecule has 1 saturated carbocycles. The second-order valence-corrected chi connectivity index (χ2v) is 5.60. The van der Waals surface area contributed by atoms with E-state index in [4.69, 9.17) is 0 Å². The zero-order valence-corrected chi connectivity index (χ0v) is 10.7. The van der Waals surface area contributed by atoms with Crippen LogP contribution < -0.4 is 10.6 Å². The first-order valence-corrected chi connectivity index (χ1v) is 6.52. The molecule has 0 aromatic carbocycles. The Labute approximate surface area is 95.2 Å². The summed E-state index contributed by atoms with van der Waals surface area (Å²) < 4.78 is 0. The summed E-state index contributed by atoms with van der Waals surface area (Å²) in [5, 5.41) is 6.73. The zero-order chi connectivity index (χ0) is 11.1. The second kappa shape index (κ2) is 6.49. The number of hydrogen-bond donors (Lipinski definition) is 2. The maximum atomic E-state index is 3.56. The molecule has 2 nitrogen and oxygen atoms in total. The Hall–Kier alpha value is -0.0800. The summed E-state index contributed by atoms with van der Waals surface area (Å²) in [6.07, 6.45) is 7.25. The Bertz CT molecular complexity index is 160. The van der Waals surface area contributed by atoms with Crippen LogP contribution in [0.5, 0.6) is 0 Å². The van der Waals surface area contributed by atoms with Crippen molar-refractivity contribution in [3.63, 3.8) is 0 Å². The Morgan fingerprint density at radius 1 is 1.07 bits per heavy atom. The average molecular weight is 212 g/mol. The first kappa shape index (κ1) is 13.0. The molecule has 0 unspecified atom stereocenters. The Balaban J connectivity index is 2.23. The zero-order valence-electron chi connectivity index (χ0n) is 10.7. The first-order chi connectivity index (χ1) is 7.17. The van der Waals surface area contributed by atoms with E-state index in [0.717, 1.165) is 19.0 Å². The minimum Gasteiger partial charge on any atom is -0.318 e. The average Bonchev–Trinajstić information content (AvgIpc) is 2.26. The quantitative estimate of drug-likeness (QED) is 0.661. The fourth-order valence-electron chi connectivity index (χ4n) is 2.65. The molecule has 0 aromatic rings. The van der Waals surface area contributed by atoms with E-state index in [0.29, 0.717) is 5.41 Å². The summed E-state index contributed by atoms with van der Waals surface area (Å²) >= 11 is 0. The van der Waals surface area contributed by atoms with Gasteiger partial charge in [0.25, 0.3) is 0 Å². The Kier molecular flexibility index (Phi) is 5.62. The Morgan fingerprint density at radius 3 is 2.33 bits per heavy atom. The molecule has 1 fully saturated rings. The van der Waals surface area contributed by atoms with Crippen molar-refractivity contribution in [2.75, 3.05) is 26.7 Å². The van der Waals surface area contributed by atoms with Crippen LogP contribution in [0.2, 0.25) is 0 Å². The fourth-order valence-corrected chi connectivity index (χ4v) is 2.65. The second-order valence-electron chi connectivity index (χ2n) is 5.60. The molecule has 90 valence electrons. The van der Waals surface area contributed by atoms with Gasteiger partial charge in [0.2, 0.25) is 0 Å². The topological polar surface area (TPSA) is 24.1 Å². The summed E-state index contributed by atoms with van der Waals surface area (Å²) in [6.45, 7) is 8.18. The van der Waals surface area contributed by atoms with Crippen LogP contribution in [0.1, 0.15) is 46.0 Å². The number of hydrogen-bond acceptors (Lipinski definition) is 2. The molecule has 2 N–H and O–H groups in total. The van der Waals surface area contributed by atoms with Crippen LogP contribution in [0.25, 0.3) is 0 Å². The van der Waals surface area contributed by atoms with Gasteiger partial charge in [-0.25, -0.2) is 0 Å². The molecule has 1 aliphatic rings. The molecule has 0 radical (unpaired) electrons. The van der Waals surface area contributed by atoms with Crippen LogP contribution in [0.4, 0.5) is 0 Å². The number of nitrogens with one attached hydrogen (secondary N) is 2. The van der Waals surface area contributed by atoms with Gasteiger partial charge in [-0.15, -0.1) is 0 Å². The molecule has 2 heteroatoms. The molecule has 0 aromatic heterocycles. The van der Waals surface area contributed by atoms with Crippen molar-refractivity contribution in [3.8, 4) is 0 Å². The molecule has 15 heavy (non-hydrogen) atoms. The third kappa shape index (κ3) is 4.52. The maximum absolute atomic E-state index is 3.56. The smallest absolute Gasteiger partial charge is 0.00768 e. The third-order valence-corrected chi connectivity index (χ3v) is 3.84. The lowest BCUT2D eigenvalue weighted by Crippen LogP contribution is -2.38. The standard InChI is InChI=1S/C13H28N2/c1-13(2,11-15-10-9-14-3)12-7-5-4-6-8-12/h12,14-15H,4-11H2,1-3H3. The van der Waals surface area contributed by atoms with Gasteiger partial charge in [-0.3, -0.25) is 0 Å². The molecular formula is C13H28N2. The molecular weight excluding hydrogens is 184 g/mol. The van der Waals surface area contributed by atoms with Gasteiger partial charge < -0.3 is 10.6 Å². The van der Waals surface area contributed by atoms with Crippen LogP contribution in [0.15, 0.2) is 0 Å². The van der Waals surface area contributed by atoms with Gasteiger partial charge >= 0.3 is 0 Å². The van der Waals surface area contributed by atoms with Gasteiger partial charge in [-0.2, -0.15) is 0 Å². The van der Waals surface area contributed by atoms with Crippen LogP contribution >= 0.6 is 0 Å². The van der Waals surface area contributed by atoms with E-state index < -0.39 is 0 Å². The summed E-state index contributed by atoms with van der Waals surface area (Å²) in [5.74, 6) is 0.938. The largest absolute Gasteiger partial charge is 0.318 e. The molecule has 0 aliphatic heterocycles. The molecule has 0 heterocycles. The summed E-state index contributed by atoms with van der Waals surface area (Å²) in [6, 6.07) is 0. The van der Waals surface area contributed by atoms with Crippen LogP contribution in [-0.4, -0.2) is 26.7 Å². The summed E-state index contributed by atoms with van der Waals surface area (Å²) in [4.78, 5) is 0. The highest BCUT2D eigenvalue weighted by Crippen LogP contribution is 2.37. The van der Waals surface area contributed by atoms with E-state index in [-0.39, 0.29) is 0 Å². The van der Waals surface area contributed by atoms with Crippen molar-refractivity contribution in [2.24, 2.45) is 11.3 Å². The SMILES string of the molecule is CNCCNCC(C)(C)C1CCCCC1.